The van der Waals surface area contributed by atoms with E-state index in [0.29, 0.717) is 22.6 Å². The standard InChI is InChI=1S/C19H24N2O3S.ClH/c1-14-4-10-18(11-5-14)25(23,24)13-16-6-8-17(9-7-16)19(22)21(3)15(2)12-20;/h4-11,15H,12-13,20H2,1-3H3;1H. The number of rotatable bonds is 6. The van der Waals surface area contributed by atoms with Crippen LogP contribution in [0.3, 0.4) is 0 Å². The van der Waals surface area contributed by atoms with Crippen molar-refractivity contribution in [1.82, 2.24) is 4.90 Å². The fraction of sp³-hybridized carbons (Fsp3) is 0.316. The van der Waals surface area contributed by atoms with Crippen molar-refractivity contribution in [1.29, 1.82) is 0 Å². The van der Waals surface area contributed by atoms with Crippen molar-refractivity contribution in [2.24, 2.45) is 5.73 Å². The summed E-state index contributed by atoms with van der Waals surface area (Å²) in [6.07, 6.45) is 0. The highest BCUT2D eigenvalue weighted by atomic mass is 35.5. The van der Waals surface area contributed by atoms with Gasteiger partial charge in [0, 0.05) is 25.2 Å². The van der Waals surface area contributed by atoms with Crippen molar-refractivity contribution in [2.45, 2.75) is 30.5 Å². The number of hydrogen-bond acceptors (Lipinski definition) is 4. The zero-order chi connectivity index (χ0) is 18.6. The molecule has 1 unspecified atom stereocenters. The molecular formula is C19H25ClN2O3S. The molecule has 7 heteroatoms. The Labute approximate surface area is 161 Å². The van der Waals surface area contributed by atoms with Gasteiger partial charge in [0.2, 0.25) is 0 Å². The molecule has 0 heterocycles. The van der Waals surface area contributed by atoms with Gasteiger partial charge in [0.05, 0.1) is 10.6 Å². The lowest BCUT2D eigenvalue weighted by Crippen LogP contribution is -2.39. The Balaban J connectivity index is 0.00000338. The van der Waals surface area contributed by atoms with Crippen LogP contribution < -0.4 is 5.73 Å². The highest BCUT2D eigenvalue weighted by Crippen LogP contribution is 2.18. The largest absolute Gasteiger partial charge is 0.338 e. The van der Waals surface area contributed by atoms with Crippen LogP contribution in [-0.4, -0.2) is 38.9 Å². The molecule has 0 bridgehead atoms. The van der Waals surface area contributed by atoms with Gasteiger partial charge in [-0.05, 0) is 43.7 Å². The SMILES string of the molecule is Cc1ccc(S(=O)(=O)Cc2ccc(C(=O)N(C)C(C)CN)cc2)cc1.Cl. The van der Waals surface area contributed by atoms with Gasteiger partial charge >= 0.3 is 0 Å². The van der Waals surface area contributed by atoms with Crippen LogP contribution in [0.1, 0.15) is 28.4 Å². The van der Waals surface area contributed by atoms with E-state index in [-0.39, 0.29) is 30.1 Å². The molecule has 0 aliphatic carbocycles. The number of sulfone groups is 1. The van der Waals surface area contributed by atoms with Crippen LogP contribution in [0.15, 0.2) is 53.4 Å². The first-order valence-electron chi connectivity index (χ1n) is 8.10. The van der Waals surface area contributed by atoms with E-state index in [1.165, 1.54) is 0 Å². The fourth-order valence-electron chi connectivity index (χ4n) is 2.35. The molecule has 142 valence electrons. The first kappa shape index (κ1) is 22.2. The minimum atomic E-state index is -3.41. The van der Waals surface area contributed by atoms with Crippen molar-refractivity contribution in [3.8, 4) is 0 Å². The number of nitrogens with two attached hydrogens (primary N) is 1. The second-order valence-electron chi connectivity index (χ2n) is 6.27. The van der Waals surface area contributed by atoms with Crippen LogP contribution in [0.2, 0.25) is 0 Å². The van der Waals surface area contributed by atoms with E-state index < -0.39 is 9.84 Å². The number of benzene rings is 2. The molecule has 2 aromatic rings. The molecule has 2 rings (SSSR count). The maximum atomic E-state index is 12.5. The summed E-state index contributed by atoms with van der Waals surface area (Å²) in [4.78, 5) is 14.2. The Hall–Kier alpha value is -1.89. The van der Waals surface area contributed by atoms with Gasteiger partial charge in [-0.1, -0.05) is 29.8 Å². The number of nitrogens with zero attached hydrogens (tertiary/aromatic N) is 1. The molecule has 2 aromatic carbocycles. The normalized spacial score (nSPS) is 12.2. The van der Waals surface area contributed by atoms with Crippen molar-refractivity contribution in [3.63, 3.8) is 0 Å². The van der Waals surface area contributed by atoms with Crippen LogP contribution in [0, 0.1) is 6.92 Å². The van der Waals surface area contributed by atoms with Crippen molar-refractivity contribution in [2.75, 3.05) is 13.6 Å². The van der Waals surface area contributed by atoms with E-state index in [0.717, 1.165) is 5.56 Å². The number of likely N-dealkylation sites (N-methyl/N-ethyl adjacent to an activating group) is 1. The Morgan fingerprint density at radius 1 is 1.08 bits per heavy atom. The average Bonchev–Trinajstić information content (AvgIpc) is 2.60. The van der Waals surface area contributed by atoms with Crippen LogP contribution in [0.5, 0.6) is 0 Å². The van der Waals surface area contributed by atoms with E-state index in [1.54, 1.807) is 60.5 Å². The fourth-order valence-corrected chi connectivity index (χ4v) is 3.70. The minimum absolute atomic E-state index is 0. The zero-order valence-electron chi connectivity index (χ0n) is 15.2. The topological polar surface area (TPSA) is 80.5 Å². The second-order valence-corrected chi connectivity index (χ2v) is 8.26. The molecule has 26 heavy (non-hydrogen) atoms. The zero-order valence-corrected chi connectivity index (χ0v) is 16.8. The third-order valence-electron chi connectivity index (χ3n) is 4.26. The van der Waals surface area contributed by atoms with Crippen molar-refractivity contribution >= 4 is 28.2 Å². The van der Waals surface area contributed by atoms with Crippen molar-refractivity contribution < 1.29 is 13.2 Å². The van der Waals surface area contributed by atoms with Gasteiger partial charge in [0.1, 0.15) is 0 Å². The third kappa shape index (κ3) is 5.30. The molecule has 0 radical (unpaired) electrons. The Bertz CT molecular complexity index is 834. The molecule has 0 aliphatic rings. The summed E-state index contributed by atoms with van der Waals surface area (Å²) in [6, 6.07) is 13.4. The number of amides is 1. The molecule has 0 aliphatic heterocycles. The molecule has 0 saturated carbocycles. The number of carbonyl (C=O) groups is 1. The van der Waals surface area contributed by atoms with E-state index in [1.807, 2.05) is 13.8 Å². The van der Waals surface area contributed by atoms with Gasteiger partial charge in [-0.2, -0.15) is 0 Å². The highest BCUT2D eigenvalue weighted by molar-refractivity contribution is 7.90. The van der Waals surface area contributed by atoms with E-state index in [4.69, 9.17) is 5.73 Å². The predicted molar refractivity (Wildman–Crippen MR) is 106 cm³/mol. The van der Waals surface area contributed by atoms with Gasteiger partial charge in [-0.25, -0.2) is 8.42 Å². The van der Waals surface area contributed by atoms with Gasteiger partial charge in [0.25, 0.3) is 5.91 Å². The number of halogens is 1. The van der Waals surface area contributed by atoms with E-state index in [2.05, 4.69) is 0 Å². The Morgan fingerprint density at radius 2 is 1.62 bits per heavy atom. The van der Waals surface area contributed by atoms with Crippen LogP contribution in [0.25, 0.3) is 0 Å². The van der Waals surface area contributed by atoms with Gasteiger partial charge in [-0.15, -0.1) is 12.4 Å². The Kier molecular flexibility index (Phi) is 7.81. The summed E-state index contributed by atoms with van der Waals surface area (Å²) in [6.45, 7) is 4.17. The van der Waals surface area contributed by atoms with Gasteiger partial charge in [-0.3, -0.25) is 4.79 Å². The average molecular weight is 397 g/mol. The molecule has 1 atom stereocenters. The summed E-state index contributed by atoms with van der Waals surface area (Å²) < 4.78 is 25.0. The number of aryl methyl sites for hydroxylation is 1. The number of hydrogen-bond donors (Lipinski definition) is 1. The van der Waals surface area contributed by atoms with Crippen molar-refractivity contribution in [3.05, 3.63) is 65.2 Å². The molecule has 5 nitrogen and oxygen atoms in total. The summed E-state index contributed by atoms with van der Waals surface area (Å²) >= 11 is 0. The van der Waals surface area contributed by atoms with Gasteiger partial charge < -0.3 is 10.6 Å². The lowest BCUT2D eigenvalue weighted by atomic mass is 10.1. The second kappa shape index (κ2) is 9.16. The monoisotopic (exact) mass is 396 g/mol. The van der Waals surface area contributed by atoms with E-state index in [9.17, 15) is 13.2 Å². The maximum absolute atomic E-state index is 12.5. The van der Waals surface area contributed by atoms with Crippen LogP contribution in [-0.2, 0) is 15.6 Å². The molecule has 0 saturated heterocycles. The summed E-state index contributed by atoms with van der Waals surface area (Å²) in [5.41, 5.74) is 7.76. The lowest BCUT2D eigenvalue weighted by molar-refractivity contribution is 0.0748. The molecule has 0 fully saturated rings. The lowest BCUT2D eigenvalue weighted by Gasteiger charge is -2.23. The first-order valence-corrected chi connectivity index (χ1v) is 9.75. The van der Waals surface area contributed by atoms with Crippen LogP contribution >= 0.6 is 12.4 Å². The molecule has 2 N–H and O–H groups in total. The molecule has 0 spiro atoms. The van der Waals surface area contributed by atoms with E-state index >= 15 is 0 Å². The minimum Gasteiger partial charge on any atom is -0.338 e. The molecule has 0 aromatic heterocycles. The quantitative estimate of drug-likeness (QED) is 0.814. The van der Waals surface area contributed by atoms with Gasteiger partial charge in [0.15, 0.2) is 9.84 Å². The summed E-state index contributed by atoms with van der Waals surface area (Å²) in [7, 11) is -1.70. The summed E-state index contributed by atoms with van der Waals surface area (Å²) in [5.74, 6) is -0.231. The smallest absolute Gasteiger partial charge is 0.253 e. The molecule has 1 amide bonds. The Morgan fingerprint density at radius 3 is 2.12 bits per heavy atom. The summed E-state index contributed by atoms with van der Waals surface area (Å²) in [5, 5.41) is 0. The van der Waals surface area contributed by atoms with Crippen LogP contribution in [0.4, 0.5) is 0 Å². The third-order valence-corrected chi connectivity index (χ3v) is 5.96. The molecular weight excluding hydrogens is 372 g/mol. The predicted octanol–water partition coefficient (Wildman–Crippen LogP) is 2.81. The number of carbonyl (C=O) groups excluding carboxylic acids is 1. The maximum Gasteiger partial charge on any atom is 0.253 e. The highest BCUT2D eigenvalue weighted by Gasteiger charge is 2.18. The first-order chi connectivity index (χ1) is 11.7.